The number of halogens is 1. The van der Waals surface area contributed by atoms with Crippen LogP contribution in [0.1, 0.15) is 37.0 Å². The minimum atomic E-state index is -0.888. The zero-order chi connectivity index (χ0) is 12.2. The van der Waals surface area contributed by atoms with Crippen LogP contribution in [0.15, 0.2) is 16.7 Å². The van der Waals surface area contributed by atoms with Crippen LogP contribution in [0.2, 0.25) is 5.22 Å². The molecule has 90 valence electrons. The molecular formula is C11H16ClNO3. The molecule has 0 aliphatic heterocycles. The molecule has 4 nitrogen and oxygen atoms in total. The van der Waals surface area contributed by atoms with Gasteiger partial charge in [0.05, 0.1) is 17.4 Å². The van der Waals surface area contributed by atoms with Crippen molar-refractivity contribution in [2.24, 2.45) is 0 Å². The van der Waals surface area contributed by atoms with Crippen LogP contribution in [-0.2, 0) is 0 Å². The lowest BCUT2D eigenvalue weighted by Crippen LogP contribution is -2.40. The van der Waals surface area contributed by atoms with Gasteiger partial charge in [-0.1, -0.05) is 13.3 Å². The second-order valence-electron chi connectivity index (χ2n) is 4.04. The second-order valence-corrected chi connectivity index (χ2v) is 4.38. The normalized spacial score (nSPS) is 14.5. The first-order valence-corrected chi connectivity index (χ1v) is 5.57. The van der Waals surface area contributed by atoms with Crippen molar-refractivity contribution in [2.75, 3.05) is 6.54 Å². The van der Waals surface area contributed by atoms with E-state index in [0.717, 1.165) is 6.42 Å². The Morgan fingerprint density at radius 1 is 1.69 bits per heavy atom. The molecule has 0 aromatic carbocycles. The van der Waals surface area contributed by atoms with Gasteiger partial charge in [0.1, 0.15) is 0 Å². The third kappa shape index (κ3) is 3.54. The number of aliphatic hydroxyl groups is 1. The number of rotatable bonds is 5. The minimum Gasteiger partial charge on any atom is -0.452 e. The second kappa shape index (κ2) is 5.37. The summed E-state index contributed by atoms with van der Waals surface area (Å²) in [5, 5.41) is 12.5. The highest BCUT2D eigenvalue weighted by Gasteiger charge is 2.21. The third-order valence-electron chi connectivity index (χ3n) is 2.28. The maximum absolute atomic E-state index is 11.6. The molecule has 1 unspecified atom stereocenters. The van der Waals surface area contributed by atoms with E-state index in [0.29, 0.717) is 6.42 Å². The maximum Gasteiger partial charge on any atom is 0.256 e. The fourth-order valence-corrected chi connectivity index (χ4v) is 1.65. The van der Waals surface area contributed by atoms with Crippen LogP contribution in [0.25, 0.3) is 0 Å². The summed E-state index contributed by atoms with van der Waals surface area (Å²) in [5.74, 6) is -0.338. The molecule has 1 heterocycles. The molecule has 1 rings (SSSR count). The van der Waals surface area contributed by atoms with Crippen LogP contribution in [0.5, 0.6) is 0 Å². The van der Waals surface area contributed by atoms with E-state index in [1.807, 2.05) is 6.92 Å². The summed E-state index contributed by atoms with van der Waals surface area (Å²) < 4.78 is 4.81. The molecule has 1 atom stereocenters. The summed E-state index contributed by atoms with van der Waals surface area (Å²) in [6.45, 7) is 3.86. The summed E-state index contributed by atoms with van der Waals surface area (Å²) in [4.78, 5) is 11.6. The maximum atomic E-state index is 11.6. The Morgan fingerprint density at radius 2 is 2.38 bits per heavy atom. The molecule has 0 bridgehead atoms. The predicted molar refractivity (Wildman–Crippen MR) is 61.6 cm³/mol. The highest BCUT2D eigenvalue weighted by molar-refractivity contribution is 6.32. The van der Waals surface area contributed by atoms with Gasteiger partial charge < -0.3 is 14.8 Å². The Hall–Kier alpha value is -1.00. The first kappa shape index (κ1) is 13.1. The molecule has 0 aliphatic rings. The van der Waals surface area contributed by atoms with Gasteiger partial charge in [0, 0.05) is 6.54 Å². The molecular weight excluding hydrogens is 230 g/mol. The van der Waals surface area contributed by atoms with Crippen molar-refractivity contribution in [3.8, 4) is 0 Å². The SMILES string of the molecule is CCCC(C)(O)CNC(=O)c1ccoc1Cl. The Kier molecular flexibility index (Phi) is 4.38. The zero-order valence-corrected chi connectivity index (χ0v) is 10.2. The van der Waals surface area contributed by atoms with Crippen molar-refractivity contribution in [1.82, 2.24) is 5.32 Å². The first-order chi connectivity index (χ1) is 7.46. The van der Waals surface area contributed by atoms with Crippen LogP contribution in [0, 0.1) is 0 Å². The molecule has 16 heavy (non-hydrogen) atoms. The number of nitrogens with one attached hydrogen (secondary N) is 1. The lowest BCUT2D eigenvalue weighted by atomic mass is 10.0. The molecule has 2 N–H and O–H groups in total. The molecule has 0 aliphatic carbocycles. The van der Waals surface area contributed by atoms with Gasteiger partial charge in [0.15, 0.2) is 0 Å². The van der Waals surface area contributed by atoms with Gasteiger partial charge in [0.25, 0.3) is 5.91 Å². The standard InChI is InChI=1S/C11H16ClNO3/c1-3-5-11(2,15)7-13-10(14)8-4-6-16-9(8)12/h4,6,15H,3,5,7H2,1-2H3,(H,13,14). The van der Waals surface area contributed by atoms with E-state index in [1.54, 1.807) is 6.92 Å². The summed E-state index contributed by atoms with van der Waals surface area (Å²) in [5.41, 5.74) is -0.602. The van der Waals surface area contributed by atoms with E-state index in [1.165, 1.54) is 12.3 Å². The summed E-state index contributed by atoms with van der Waals surface area (Å²) in [7, 11) is 0. The molecule has 0 saturated carbocycles. The third-order valence-corrected chi connectivity index (χ3v) is 2.57. The topological polar surface area (TPSA) is 62.5 Å². The monoisotopic (exact) mass is 245 g/mol. The fourth-order valence-electron chi connectivity index (χ4n) is 1.45. The van der Waals surface area contributed by atoms with Gasteiger partial charge in [-0.05, 0) is 31.0 Å². The Morgan fingerprint density at radius 3 is 2.88 bits per heavy atom. The summed E-state index contributed by atoms with van der Waals surface area (Å²) >= 11 is 5.66. The van der Waals surface area contributed by atoms with Crippen LogP contribution >= 0.6 is 11.6 Å². The van der Waals surface area contributed by atoms with Gasteiger partial charge >= 0.3 is 0 Å². The number of hydrogen-bond donors (Lipinski definition) is 2. The lowest BCUT2D eigenvalue weighted by molar-refractivity contribution is 0.0469. The molecule has 1 amide bonds. The summed E-state index contributed by atoms with van der Waals surface area (Å²) in [6, 6.07) is 1.49. The molecule has 0 saturated heterocycles. The highest BCUT2D eigenvalue weighted by atomic mass is 35.5. The van der Waals surface area contributed by atoms with Gasteiger partial charge in [0.2, 0.25) is 5.22 Å². The summed E-state index contributed by atoms with van der Waals surface area (Å²) in [6.07, 6.45) is 2.84. The predicted octanol–water partition coefficient (Wildman–Crippen LogP) is 2.21. The molecule has 0 radical (unpaired) electrons. The number of amides is 1. The van der Waals surface area contributed by atoms with Crippen molar-refractivity contribution >= 4 is 17.5 Å². The van der Waals surface area contributed by atoms with E-state index in [9.17, 15) is 9.90 Å². The van der Waals surface area contributed by atoms with E-state index in [-0.39, 0.29) is 23.2 Å². The van der Waals surface area contributed by atoms with Crippen molar-refractivity contribution in [1.29, 1.82) is 0 Å². The van der Waals surface area contributed by atoms with Crippen LogP contribution in [0.3, 0.4) is 0 Å². The molecule has 1 aromatic rings. The van der Waals surface area contributed by atoms with Gasteiger partial charge in [-0.15, -0.1) is 0 Å². The van der Waals surface area contributed by atoms with E-state index in [4.69, 9.17) is 16.0 Å². The molecule has 1 aromatic heterocycles. The van der Waals surface area contributed by atoms with Crippen molar-refractivity contribution in [3.63, 3.8) is 0 Å². The van der Waals surface area contributed by atoms with Gasteiger partial charge in [-0.25, -0.2) is 0 Å². The average Bonchev–Trinajstić information content (AvgIpc) is 2.61. The van der Waals surface area contributed by atoms with E-state index >= 15 is 0 Å². The molecule has 5 heteroatoms. The first-order valence-electron chi connectivity index (χ1n) is 5.20. The van der Waals surface area contributed by atoms with Crippen LogP contribution in [0.4, 0.5) is 0 Å². The fraction of sp³-hybridized carbons (Fsp3) is 0.545. The molecule has 0 fully saturated rings. The van der Waals surface area contributed by atoms with Crippen LogP contribution in [-0.4, -0.2) is 23.2 Å². The van der Waals surface area contributed by atoms with Gasteiger partial charge in [-0.3, -0.25) is 4.79 Å². The van der Waals surface area contributed by atoms with Crippen molar-refractivity contribution in [3.05, 3.63) is 23.1 Å². The van der Waals surface area contributed by atoms with E-state index in [2.05, 4.69) is 5.32 Å². The van der Waals surface area contributed by atoms with Crippen LogP contribution < -0.4 is 5.32 Å². The Balaban J connectivity index is 2.51. The van der Waals surface area contributed by atoms with E-state index < -0.39 is 5.60 Å². The largest absolute Gasteiger partial charge is 0.452 e. The average molecular weight is 246 g/mol. The highest BCUT2D eigenvalue weighted by Crippen LogP contribution is 2.17. The zero-order valence-electron chi connectivity index (χ0n) is 9.42. The quantitative estimate of drug-likeness (QED) is 0.836. The van der Waals surface area contributed by atoms with Crippen molar-refractivity contribution in [2.45, 2.75) is 32.3 Å². The smallest absolute Gasteiger partial charge is 0.256 e. The number of carbonyl (C=O) groups excluding carboxylic acids is 1. The molecule has 0 spiro atoms. The Labute approximate surface area is 99.6 Å². The Bertz CT molecular complexity index is 360. The lowest BCUT2D eigenvalue weighted by Gasteiger charge is -2.22. The van der Waals surface area contributed by atoms with Gasteiger partial charge in [-0.2, -0.15) is 0 Å². The number of hydrogen-bond acceptors (Lipinski definition) is 3. The number of furan rings is 1. The van der Waals surface area contributed by atoms with Crippen molar-refractivity contribution < 1.29 is 14.3 Å². The number of carbonyl (C=O) groups is 1. The minimum absolute atomic E-state index is 0.0626.